The molecule has 0 unspecified atom stereocenters. The largest absolute Gasteiger partial charge is 0.493 e. The molecule has 2 saturated carbocycles. The average Bonchev–Trinajstić information content (AvgIpc) is 3.37. The van der Waals surface area contributed by atoms with Crippen molar-refractivity contribution in [3.05, 3.63) is 23.8 Å². The summed E-state index contributed by atoms with van der Waals surface area (Å²) in [5.41, 5.74) is 1.51. The van der Waals surface area contributed by atoms with E-state index in [1.807, 2.05) is 0 Å². The summed E-state index contributed by atoms with van der Waals surface area (Å²) in [7, 11) is 3.90. The van der Waals surface area contributed by atoms with E-state index in [4.69, 9.17) is 9.47 Å². The first kappa shape index (κ1) is 16.2. The number of nitrogens with zero attached hydrogens (tertiary/aromatic N) is 1. The highest BCUT2D eigenvalue weighted by atomic mass is 16.5. The molecule has 24 heavy (non-hydrogen) atoms. The van der Waals surface area contributed by atoms with E-state index in [1.165, 1.54) is 18.4 Å². The van der Waals surface area contributed by atoms with Crippen molar-refractivity contribution in [3.8, 4) is 11.5 Å². The standard InChI is InChI=1S/C20H29NO3/c1-21-10-9-20(8-7-16(22)12-19(20)21)15-5-6-17(23-2)18(11-15)24-13-14-3-4-14/h5-6,11,14,16,19,22H,3-4,7-10,12-13H2,1-2H3/t16-,19-,20-/m0/s1. The molecule has 4 nitrogen and oxygen atoms in total. The normalized spacial score (nSPS) is 33.3. The number of benzene rings is 1. The molecule has 0 aromatic heterocycles. The number of methoxy groups -OCH3 is 1. The quantitative estimate of drug-likeness (QED) is 0.901. The van der Waals surface area contributed by atoms with Crippen LogP contribution < -0.4 is 9.47 Å². The van der Waals surface area contributed by atoms with Crippen LogP contribution in [0.2, 0.25) is 0 Å². The molecule has 0 amide bonds. The molecule has 1 aromatic carbocycles. The number of rotatable bonds is 5. The maximum Gasteiger partial charge on any atom is 0.161 e. The molecule has 1 aromatic rings. The molecule has 0 radical (unpaired) electrons. The molecule has 3 atom stereocenters. The highest BCUT2D eigenvalue weighted by Gasteiger charge is 2.50. The lowest BCUT2D eigenvalue weighted by Gasteiger charge is -2.43. The predicted molar refractivity (Wildman–Crippen MR) is 93.8 cm³/mol. The molecule has 0 spiro atoms. The SMILES string of the molecule is COc1ccc([C@@]23CC[C@H](O)C[C@@H]2N(C)CC3)cc1OCC1CC1. The van der Waals surface area contributed by atoms with Crippen LogP contribution in [-0.4, -0.2) is 49.5 Å². The number of ether oxygens (including phenoxy) is 2. The van der Waals surface area contributed by atoms with Crippen LogP contribution in [0.1, 0.15) is 44.1 Å². The third kappa shape index (κ3) is 2.80. The maximum absolute atomic E-state index is 10.2. The van der Waals surface area contributed by atoms with Gasteiger partial charge in [0.15, 0.2) is 11.5 Å². The minimum atomic E-state index is -0.160. The van der Waals surface area contributed by atoms with Gasteiger partial charge in [0, 0.05) is 11.5 Å². The summed E-state index contributed by atoms with van der Waals surface area (Å²) in [5, 5.41) is 10.2. The van der Waals surface area contributed by atoms with Crippen molar-refractivity contribution in [3.63, 3.8) is 0 Å². The van der Waals surface area contributed by atoms with Gasteiger partial charge in [0.1, 0.15) is 0 Å². The Hall–Kier alpha value is -1.26. The Morgan fingerprint density at radius 3 is 2.79 bits per heavy atom. The maximum atomic E-state index is 10.2. The number of aliphatic hydroxyl groups excluding tert-OH is 1. The van der Waals surface area contributed by atoms with Crippen molar-refractivity contribution in [2.24, 2.45) is 5.92 Å². The molecule has 1 saturated heterocycles. The first-order valence-corrected chi connectivity index (χ1v) is 9.32. The number of likely N-dealkylation sites (tertiary alicyclic amines) is 1. The fourth-order valence-electron chi connectivity index (χ4n) is 4.69. The number of aliphatic hydroxyl groups is 1. The number of likely N-dealkylation sites (N-methyl/N-ethyl adjacent to an activating group) is 1. The van der Waals surface area contributed by atoms with Crippen LogP contribution in [0.5, 0.6) is 11.5 Å². The number of fused-ring (bicyclic) bond motifs is 1. The van der Waals surface area contributed by atoms with E-state index < -0.39 is 0 Å². The molecule has 1 N–H and O–H groups in total. The summed E-state index contributed by atoms with van der Waals surface area (Å²) in [4.78, 5) is 2.43. The Morgan fingerprint density at radius 2 is 2.04 bits per heavy atom. The van der Waals surface area contributed by atoms with Gasteiger partial charge >= 0.3 is 0 Å². The minimum Gasteiger partial charge on any atom is -0.493 e. The fraction of sp³-hybridized carbons (Fsp3) is 0.700. The molecule has 0 bridgehead atoms. The summed E-state index contributed by atoms with van der Waals surface area (Å²) >= 11 is 0. The molecule has 4 heteroatoms. The van der Waals surface area contributed by atoms with Crippen molar-refractivity contribution in [1.29, 1.82) is 0 Å². The van der Waals surface area contributed by atoms with Crippen molar-refractivity contribution < 1.29 is 14.6 Å². The van der Waals surface area contributed by atoms with Crippen molar-refractivity contribution in [2.75, 3.05) is 27.3 Å². The summed E-state index contributed by atoms with van der Waals surface area (Å²) < 4.78 is 11.6. The lowest BCUT2D eigenvalue weighted by Crippen LogP contribution is -2.47. The first-order valence-electron chi connectivity index (χ1n) is 9.32. The van der Waals surface area contributed by atoms with Gasteiger partial charge in [0.25, 0.3) is 0 Å². The molecule has 3 aliphatic rings. The summed E-state index contributed by atoms with van der Waals surface area (Å²) in [6.07, 6.45) is 6.41. The van der Waals surface area contributed by atoms with Gasteiger partial charge in [-0.2, -0.15) is 0 Å². The second-order valence-corrected chi connectivity index (χ2v) is 7.95. The fourth-order valence-corrected chi connectivity index (χ4v) is 4.69. The predicted octanol–water partition coefficient (Wildman–Crippen LogP) is 2.97. The van der Waals surface area contributed by atoms with E-state index in [-0.39, 0.29) is 11.5 Å². The zero-order valence-corrected chi connectivity index (χ0v) is 14.8. The van der Waals surface area contributed by atoms with Gasteiger partial charge in [-0.1, -0.05) is 6.07 Å². The third-order valence-corrected chi connectivity index (χ3v) is 6.41. The van der Waals surface area contributed by atoms with Crippen LogP contribution >= 0.6 is 0 Å². The molecule has 132 valence electrons. The van der Waals surface area contributed by atoms with E-state index >= 15 is 0 Å². The molecule has 4 rings (SSSR count). The number of hydrogen-bond acceptors (Lipinski definition) is 4. The van der Waals surface area contributed by atoms with Crippen molar-refractivity contribution >= 4 is 0 Å². The van der Waals surface area contributed by atoms with E-state index in [0.717, 1.165) is 56.3 Å². The highest BCUT2D eigenvalue weighted by molar-refractivity contribution is 5.46. The molecule has 2 aliphatic carbocycles. The minimum absolute atomic E-state index is 0.151. The Kier molecular flexibility index (Phi) is 4.21. The lowest BCUT2D eigenvalue weighted by atomic mass is 9.65. The molecular formula is C20H29NO3. The van der Waals surface area contributed by atoms with Crippen LogP contribution in [0.3, 0.4) is 0 Å². The lowest BCUT2D eigenvalue weighted by molar-refractivity contribution is 0.0566. The summed E-state index contributed by atoms with van der Waals surface area (Å²) in [5.74, 6) is 2.44. The van der Waals surface area contributed by atoms with Crippen LogP contribution in [-0.2, 0) is 5.41 Å². The zero-order chi connectivity index (χ0) is 16.7. The van der Waals surface area contributed by atoms with Crippen LogP contribution in [0.4, 0.5) is 0 Å². The second-order valence-electron chi connectivity index (χ2n) is 7.95. The van der Waals surface area contributed by atoms with E-state index in [0.29, 0.717) is 6.04 Å². The molecule has 1 heterocycles. The molecule has 1 aliphatic heterocycles. The third-order valence-electron chi connectivity index (χ3n) is 6.41. The van der Waals surface area contributed by atoms with Crippen molar-refractivity contribution in [1.82, 2.24) is 4.90 Å². The van der Waals surface area contributed by atoms with Crippen LogP contribution in [0.15, 0.2) is 18.2 Å². The second kappa shape index (κ2) is 6.23. The van der Waals surface area contributed by atoms with Gasteiger partial charge in [-0.3, -0.25) is 0 Å². The van der Waals surface area contributed by atoms with Gasteiger partial charge < -0.3 is 19.5 Å². The molecular weight excluding hydrogens is 302 g/mol. The van der Waals surface area contributed by atoms with Gasteiger partial charge in [-0.05, 0) is 75.7 Å². The van der Waals surface area contributed by atoms with Gasteiger partial charge in [-0.25, -0.2) is 0 Å². The Morgan fingerprint density at radius 1 is 1.21 bits per heavy atom. The van der Waals surface area contributed by atoms with E-state index in [9.17, 15) is 5.11 Å². The Labute approximate surface area is 144 Å². The monoisotopic (exact) mass is 331 g/mol. The zero-order valence-electron chi connectivity index (χ0n) is 14.8. The van der Waals surface area contributed by atoms with Crippen LogP contribution in [0, 0.1) is 5.92 Å². The number of hydrogen-bond donors (Lipinski definition) is 1. The van der Waals surface area contributed by atoms with Gasteiger partial charge in [0.2, 0.25) is 0 Å². The topological polar surface area (TPSA) is 41.9 Å². The van der Waals surface area contributed by atoms with Gasteiger partial charge in [-0.15, -0.1) is 0 Å². The Bertz CT molecular complexity index is 601. The van der Waals surface area contributed by atoms with E-state index in [2.05, 4.69) is 30.1 Å². The van der Waals surface area contributed by atoms with Gasteiger partial charge in [0.05, 0.1) is 19.8 Å². The first-order chi connectivity index (χ1) is 11.6. The van der Waals surface area contributed by atoms with Crippen molar-refractivity contribution in [2.45, 2.75) is 56.1 Å². The molecule has 3 fully saturated rings. The summed E-state index contributed by atoms with van der Waals surface area (Å²) in [6.45, 7) is 1.90. The summed E-state index contributed by atoms with van der Waals surface area (Å²) in [6, 6.07) is 6.91. The smallest absolute Gasteiger partial charge is 0.161 e. The van der Waals surface area contributed by atoms with E-state index in [1.54, 1.807) is 7.11 Å². The highest BCUT2D eigenvalue weighted by Crippen LogP contribution is 2.50. The van der Waals surface area contributed by atoms with Crippen LogP contribution in [0.25, 0.3) is 0 Å². The average molecular weight is 331 g/mol. The Balaban J connectivity index is 1.65.